The lowest BCUT2D eigenvalue weighted by molar-refractivity contribution is -0.0351. The summed E-state index contributed by atoms with van der Waals surface area (Å²) in [5.41, 5.74) is 2.98. The number of hydrogen-bond donors (Lipinski definition) is 1. The Morgan fingerprint density at radius 2 is 1.97 bits per heavy atom. The van der Waals surface area contributed by atoms with Crippen molar-refractivity contribution in [3.8, 4) is 5.75 Å². The highest BCUT2D eigenvalue weighted by molar-refractivity contribution is 5.51. The molecule has 1 atom stereocenters. The van der Waals surface area contributed by atoms with Crippen LogP contribution in [0.4, 0.5) is 11.6 Å². The van der Waals surface area contributed by atoms with Gasteiger partial charge in [-0.05, 0) is 30.7 Å². The van der Waals surface area contributed by atoms with Crippen molar-refractivity contribution in [1.82, 2.24) is 19.9 Å². The third-order valence-corrected chi connectivity index (χ3v) is 4.92. The molecule has 3 aromatic rings. The molecule has 1 N–H and O–H groups in total. The monoisotopic (exact) mass is 405 g/mol. The molecule has 2 aromatic heterocycles. The van der Waals surface area contributed by atoms with Gasteiger partial charge < -0.3 is 14.8 Å². The first-order valence-corrected chi connectivity index (χ1v) is 10.4. The summed E-state index contributed by atoms with van der Waals surface area (Å²) in [4.78, 5) is 15.3. The molecule has 0 spiro atoms. The molecule has 0 radical (unpaired) electrons. The van der Waals surface area contributed by atoms with Crippen LogP contribution in [0, 0.1) is 0 Å². The lowest BCUT2D eigenvalue weighted by atomic mass is 10.1. The molecule has 30 heavy (non-hydrogen) atoms. The average molecular weight is 406 g/mol. The number of morpholine rings is 1. The van der Waals surface area contributed by atoms with Crippen LogP contribution < -0.4 is 10.1 Å². The summed E-state index contributed by atoms with van der Waals surface area (Å²) < 4.78 is 11.9. The summed E-state index contributed by atoms with van der Waals surface area (Å²) in [5, 5.41) is 3.15. The fraction of sp³-hybridized carbons (Fsp3) is 0.348. The summed E-state index contributed by atoms with van der Waals surface area (Å²) in [6, 6.07) is 14.0. The summed E-state index contributed by atoms with van der Waals surface area (Å²) in [7, 11) is 0. The van der Waals surface area contributed by atoms with E-state index in [-0.39, 0.29) is 6.10 Å². The molecule has 0 amide bonds. The van der Waals surface area contributed by atoms with Crippen molar-refractivity contribution in [2.45, 2.75) is 26.0 Å². The molecular formula is C23H27N5O2. The molecule has 0 saturated carbocycles. The van der Waals surface area contributed by atoms with Crippen molar-refractivity contribution < 1.29 is 9.47 Å². The Balaban J connectivity index is 1.38. The minimum Gasteiger partial charge on any atom is -0.493 e. The number of para-hydroxylation sites is 1. The number of hydrogen-bond acceptors (Lipinski definition) is 7. The summed E-state index contributed by atoms with van der Waals surface area (Å²) in [6.45, 7) is 6.07. The molecule has 3 heterocycles. The minimum atomic E-state index is -0.0514. The largest absolute Gasteiger partial charge is 0.493 e. The summed E-state index contributed by atoms with van der Waals surface area (Å²) in [6.07, 6.45) is 6.15. The van der Waals surface area contributed by atoms with Crippen LogP contribution >= 0.6 is 0 Å². The van der Waals surface area contributed by atoms with Crippen molar-refractivity contribution in [2.75, 3.05) is 31.6 Å². The van der Waals surface area contributed by atoms with Gasteiger partial charge in [-0.3, -0.25) is 9.88 Å². The van der Waals surface area contributed by atoms with Gasteiger partial charge in [-0.1, -0.05) is 25.1 Å². The van der Waals surface area contributed by atoms with Gasteiger partial charge in [0.15, 0.2) is 0 Å². The highest BCUT2D eigenvalue weighted by Gasteiger charge is 2.23. The van der Waals surface area contributed by atoms with E-state index >= 15 is 0 Å². The topological polar surface area (TPSA) is 72.4 Å². The maximum atomic E-state index is 6.00. The number of benzene rings is 1. The van der Waals surface area contributed by atoms with E-state index in [1.807, 2.05) is 24.3 Å². The van der Waals surface area contributed by atoms with Crippen LogP contribution in [-0.2, 0) is 11.3 Å². The number of nitrogens with zero attached hydrogens (tertiary/aromatic N) is 4. The van der Waals surface area contributed by atoms with Gasteiger partial charge in [-0.15, -0.1) is 0 Å². The van der Waals surface area contributed by atoms with Gasteiger partial charge in [-0.2, -0.15) is 0 Å². The lowest BCUT2D eigenvalue weighted by Crippen LogP contribution is -2.38. The first-order chi connectivity index (χ1) is 14.8. The number of ether oxygens (including phenoxy) is 2. The highest BCUT2D eigenvalue weighted by atomic mass is 16.5. The third-order valence-electron chi connectivity index (χ3n) is 4.92. The highest BCUT2D eigenvalue weighted by Crippen LogP contribution is 2.26. The molecule has 1 aliphatic rings. The smallest absolute Gasteiger partial charge is 0.227 e. The Labute approximate surface area is 177 Å². The Bertz CT molecular complexity index is 920. The molecule has 0 aliphatic carbocycles. The van der Waals surface area contributed by atoms with Crippen LogP contribution in [0.2, 0.25) is 0 Å². The number of rotatable bonds is 8. The van der Waals surface area contributed by atoms with E-state index in [1.54, 1.807) is 24.7 Å². The standard InChI is InChI=1S/C23H27N5O2/c1-2-13-29-21-7-4-3-6-18(21)16-28-12-14-30-22(17-28)20-9-8-19(15-26-20)27-23-24-10-5-11-25-23/h3-11,15,22H,2,12-14,16-17H2,1H3,(H,24,25,27). The number of pyridine rings is 1. The second-order valence-corrected chi connectivity index (χ2v) is 7.22. The van der Waals surface area contributed by atoms with Gasteiger partial charge in [0, 0.05) is 37.6 Å². The van der Waals surface area contributed by atoms with Crippen LogP contribution in [-0.4, -0.2) is 46.2 Å². The van der Waals surface area contributed by atoms with Gasteiger partial charge >= 0.3 is 0 Å². The minimum absolute atomic E-state index is 0.0514. The molecule has 1 aliphatic heterocycles. The van der Waals surface area contributed by atoms with Crippen LogP contribution in [0.15, 0.2) is 61.1 Å². The van der Waals surface area contributed by atoms with E-state index in [4.69, 9.17) is 9.47 Å². The van der Waals surface area contributed by atoms with Crippen LogP contribution in [0.25, 0.3) is 0 Å². The van der Waals surface area contributed by atoms with Crippen molar-refractivity contribution in [3.63, 3.8) is 0 Å². The fourth-order valence-corrected chi connectivity index (χ4v) is 3.42. The van der Waals surface area contributed by atoms with Crippen molar-refractivity contribution >= 4 is 11.6 Å². The Morgan fingerprint density at radius 1 is 1.10 bits per heavy atom. The van der Waals surface area contributed by atoms with Crippen molar-refractivity contribution in [2.24, 2.45) is 0 Å². The first kappa shape index (κ1) is 20.3. The van der Waals surface area contributed by atoms with Crippen molar-refractivity contribution in [1.29, 1.82) is 0 Å². The van der Waals surface area contributed by atoms with Crippen LogP contribution in [0.5, 0.6) is 5.75 Å². The normalized spacial score (nSPS) is 16.9. The number of aromatic nitrogens is 3. The molecule has 1 saturated heterocycles. The van der Waals surface area contributed by atoms with Gasteiger partial charge in [0.2, 0.25) is 5.95 Å². The molecule has 7 heteroatoms. The van der Waals surface area contributed by atoms with E-state index in [0.717, 1.165) is 49.8 Å². The van der Waals surface area contributed by atoms with Crippen LogP contribution in [0.1, 0.15) is 30.7 Å². The Hall–Kier alpha value is -3.03. The fourth-order valence-electron chi connectivity index (χ4n) is 3.42. The quantitative estimate of drug-likeness (QED) is 0.608. The predicted octanol–water partition coefficient (Wildman–Crippen LogP) is 3.98. The van der Waals surface area contributed by atoms with Crippen molar-refractivity contribution in [3.05, 3.63) is 72.3 Å². The molecule has 156 valence electrons. The van der Waals surface area contributed by atoms with Crippen LogP contribution in [0.3, 0.4) is 0 Å². The Morgan fingerprint density at radius 3 is 2.77 bits per heavy atom. The maximum absolute atomic E-state index is 6.00. The van der Waals surface area contributed by atoms with Gasteiger partial charge in [0.1, 0.15) is 11.9 Å². The van der Waals surface area contributed by atoms with Gasteiger partial charge in [0.25, 0.3) is 0 Å². The van der Waals surface area contributed by atoms with E-state index in [9.17, 15) is 0 Å². The van der Waals surface area contributed by atoms with E-state index in [2.05, 4.69) is 44.2 Å². The zero-order valence-electron chi connectivity index (χ0n) is 17.2. The SMILES string of the molecule is CCCOc1ccccc1CN1CCOC(c2ccc(Nc3ncccn3)cn2)C1. The van der Waals surface area contributed by atoms with E-state index in [0.29, 0.717) is 12.6 Å². The molecule has 4 rings (SSSR count). The second kappa shape index (κ2) is 10.1. The number of anilines is 2. The van der Waals surface area contributed by atoms with Gasteiger partial charge in [-0.25, -0.2) is 9.97 Å². The average Bonchev–Trinajstić information content (AvgIpc) is 2.80. The van der Waals surface area contributed by atoms with Gasteiger partial charge in [0.05, 0.1) is 30.8 Å². The number of nitrogens with one attached hydrogen (secondary N) is 1. The lowest BCUT2D eigenvalue weighted by Gasteiger charge is -2.33. The zero-order chi connectivity index (χ0) is 20.6. The maximum Gasteiger partial charge on any atom is 0.227 e. The molecule has 1 fully saturated rings. The summed E-state index contributed by atoms with van der Waals surface area (Å²) in [5.74, 6) is 1.52. The Kier molecular flexibility index (Phi) is 6.84. The molecule has 1 unspecified atom stereocenters. The molecule has 0 bridgehead atoms. The molecular weight excluding hydrogens is 378 g/mol. The summed E-state index contributed by atoms with van der Waals surface area (Å²) >= 11 is 0. The predicted molar refractivity (Wildman–Crippen MR) is 116 cm³/mol. The second-order valence-electron chi connectivity index (χ2n) is 7.22. The molecule has 7 nitrogen and oxygen atoms in total. The first-order valence-electron chi connectivity index (χ1n) is 10.4. The van der Waals surface area contributed by atoms with E-state index in [1.165, 1.54) is 5.56 Å². The molecule has 1 aromatic carbocycles. The third kappa shape index (κ3) is 5.31. The zero-order valence-corrected chi connectivity index (χ0v) is 17.2. The van der Waals surface area contributed by atoms with E-state index < -0.39 is 0 Å².